The van der Waals surface area contributed by atoms with Crippen LogP contribution >= 0.6 is 0 Å². The fourth-order valence-corrected chi connectivity index (χ4v) is 7.00. The van der Waals surface area contributed by atoms with Crippen molar-refractivity contribution >= 4 is 39.6 Å². The summed E-state index contributed by atoms with van der Waals surface area (Å²) < 4.78 is 2.63. The first-order chi connectivity index (χ1) is 18.9. The average Bonchev–Trinajstić information content (AvgIpc) is 3.33. The van der Waals surface area contributed by atoms with Crippen molar-refractivity contribution in [2.45, 2.75) is 0 Å². The summed E-state index contributed by atoms with van der Waals surface area (Å²) >= 11 is 0. The van der Waals surface area contributed by atoms with Crippen LogP contribution in [0.15, 0.2) is 133 Å². The second kappa shape index (κ2) is 7.37. The van der Waals surface area contributed by atoms with E-state index in [0.717, 1.165) is 0 Å². The molecule has 0 N–H and O–H groups in total. The van der Waals surface area contributed by atoms with E-state index in [1.54, 1.807) is 0 Å². The van der Waals surface area contributed by atoms with E-state index in [1.807, 2.05) is 0 Å². The lowest BCUT2D eigenvalue weighted by Gasteiger charge is -2.32. The number of hydrogen-bond acceptors (Lipinski definition) is 0. The summed E-state index contributed by atoms with van der Waals surface area (Å²) in [4.78, 5) is 0. The molecule has 2 heteroatoms. The van der Waals surface area contributed by atoms with Crippen LogP contribution in [0.1, 0.15) is 0 Å². The van der Waals surface area contributed by atoms with Gasteiger partial charge in [0.2, 0.25) is 0 Å². The van der Waals surface area contributed by atoms with Crippen molar-refractivity contribution in [2.75, 3.05) is 0 Å². The Labute approximate surface area is 221 Å². The molecule has 0 fully saturated rings. The van der Waals surface area contributed by atoms with E-state index in [0.29, 0.717) is 0 Å². The SMILES string of the molecule is c1ccc(-c2cccc(-c3cc4c5c(c3)c3cccc6c3n5B(c3ccccc3-6)c3ccccc3-4)c2)cc1. The summed E-state index contributed by atoms with van der Waals surface area (Å²) in [6.45, 7) is 0.192. The first-order valence-electron chi connectivity index (χ1n) is 13.3. The fourth-order valence-electron chi connectivity index (χ4n) is 7.00. The summed E-state index contributed by atoms with van der Waals surface area (Å²) in [6, 6.07) is 49.3. The van der Waals surface area contributed by atoms with Gasteiger partial charge >= 0.3 is 6.85 Å². The molecular formula is C36H22BN. The summed E-state index contributed by atoms with van der Waals surface area (Å²) in [6.07, 6.45) is 0. The maximum Gasteiger partial charge on any atom is 0.329 e. The number of nitrogens with zero attached hydrogens (tertiary/aromatic N) is 1. The highest BCUT2D eigenvalue weighted by atomic mass is 14.9. The standard InChI is InChI=1S/C36H22BN/c1-2-10-23(11-3-1)24-12-8-13-25(20-24)26-21-31-28-15-5-7-19-34(28)37-33-18-6-4-14-27(33)29-16-9-17-30-32(22-26)36(31)38(37)35(29)30/h1-22H. The first kappa shape index (κ1) is 20.3. The number of rotatable bonds is 2. The Kier molecular flexibility index (Phi) is 3.93. The minimum atomic E-state index is 0.192. The molecule has 7 aromatic rings. The van der Waals surface area contributed by atoms with Crippen LogP contribution in [-0.2, 0) is 0 Å². The summed E-state index contributed by atoms with van der Waals surface area (Å²) in [5.41, 5.74) is 15.9. The van der Waals surface area contributed by atoms with E-state index in [4.69, 9.17) is 0 Å². The van der Waals surface area contributed by atoms with Crippen LogP contribution in [0.3, 0.4) is 0 Å². The van der Waals surface area contributed by atoms with Crippen molar-refractivity contribution in [3.05, 3.63) is 133 Å². The third-order valence-electron chi connectivity index (χ3n) is 8.57. The minimum absolute atomic E-state index is 0.192. The molecule has 9 rings (SSSR count). The lowest BCUT2D eigenvalue weighted by atomic mass is 9.45. The van der Waals surface area contributed by atoms with Crippen molar-refractivity contribution in [3.63, 3.8) is 0 Å². The third-order valence-corrected chi connectivity index (χ3v) is 8.57. The van der Waals surface area contributed by atoms with E-state index >= 15 is 0 Å². The maximum atomic E-state index is 2.63. The van der Waals surface area contributed by atoms with Crippen LogP contribution in [0, 0.1) is 0 Å². The van der Waals surface area contributed by atoms with Gasteiger partial charge in [0, 0.05) is 32.9 Å². The monoisotopic (exact) mass is 479 g/mol. The molecule has 2 aliphatic rings. The number of aromatic nitrogens is 1. The van der Waals surface area contributed by atoms with E-state index in [9.17, 15) is 0 Å². The third kappa shape index (κ3) is 2.57. The Morgan fingerprint density at radius 1 is 0.368 bits per heavy atom. The molecule has 38 heavy (non-hydrogen) atoms. The van der Waals surface area contributed by atoms with Gasteiger partial charge in [-0.1, -0.05) is 115 Å². The van der Waals surface area contributed by atoms with Gasteiger partial charge < -0.3 is 4.48 Å². The number of fused-ring (bicyclic) bond motifs is 7. The Bertz CT molecular complexity index is 2080. The van der Waals surface area contributed by atoms with E-state index in [1.165, 1.54) is 77.2 Å². The van der Waals surface area contributed by atoms with Gasteiger partial charge in [0.05, 0.1) is 0 Å². The Morgan fingerprint density at radius 2 is 0.947 bits per heavy atom. The molecule has 0 aliphatic carbocycles. The predicted octanol–water partition coefficient (Wildman–Crippen LogP) is 7.74. The zero-order chi connectivity index (χ0) is 24.8. The van der Waals surface area contributed by atoms with Gasteiger partial charge in [0.1, 0.15) is 0 Å². The normalized spacial score (nSPS) is 12.7. The van der Waals surface area contributed by atoms with Crippen LogP contribution in [0.5, 0.6) is 0 Å². The molecule has 0 saturated carbocycles. The van der Waals surface area contributed by atoms with Crippen molar-refractivity contribution in [3.8, 4) is 44.5 Å². The molecule has 3 heterocycles. The molecule has 0 atom stereocenters. The zero-order valence-corrected chi connectivity index (χ0v) is 20.7. The van der Waals surface area contributed by atoms with Crippen molar-refractivity contribution in [1.82, 2.24) is 4.48 Å². The first-order valence-corrected chi connectivity index (χ1v) is 13.3. The van der Waals surface area contributed by atoms with Gasteiger partial charge in [-0.2, -0.15) is 0 Å². The molecule has 1 nitrogen and oxygen atoms in total. The van der Waals surface area contributed by atoms with E-state index < -0.39 is 0 Å². The summed E-state index contributed by atoms with van der Waals surface area (Å²) in [5.74, 6) is 0. The van der Waals surface area contributed by atoms with Crippen LogP contribution in [-0.4, -0.2) is 11.3 Å². The second-order valence-electron chi connectivity index (χ2n) is 10.5. The van der Waals surface area contributed by atoms with Gasteiger partial charge in [0.15, 0.2) is 0 Å². The molecule has 6 aromatic carbocycles. The van der Waals surface area contributed by atoms with Crippen LogP contribution in [0.4, 0.5) is 0 Å². The Balaban J connectivity index is 1.41. The summed E-state index contributed by atoms with van der Waals surface area (Å²) in [5, 5.41) is 2.68. The van der Waals surface area contributed by atoms with Gasteiger partial charge in [-0.3, -0.25) is 0 Å². The smallest absolute Gasteiger partial charge is 0.329 e. The maximum absolute atomic E-state index is 2.63. The lowest BCUT2D eigenvalue weighted by Crippen LogP contribution is -2.53. The largest absolute Gasteiger partial charge is 0.375 e. The molecule has 0 unspecified atom stereocenters. The minimum Gasteiger partial charge on any atom is -0.375 e. The molecule has 1 aromatic heterocycles. The molecular weight excluding hydrogens is 457 g/mol. The molecule has 0 spiro atoms. The van der Waals surface area contributed by atoms with Gasteiger partial charge in [-0.15, -0.1) is 0 Å². The summed E-state index contributed by atoms with van der Waals surface area (Å²) in [7, 11) is 0. The van der Waals surface area contributed by atoms with Crippen molar-refractivity contribution in [2.24, 2.45) is 0 Å². The lowest BCUT2D eigenvalue weighted by molar-refractivity contribution is 1.31. The predicted molar refractivity (Wildman–Crippen MR) is 162 cm³/mol. The zero-order valence-electron chi connectivity index (χ0n) is 20.7. The van der Waals surface area contributed by atoms with Gasteiger partial charge in [0.25, 0.3) is 0 Å². The van der Waals surface area contributed by atoms with Crippen molar-refractivity contribution < 1.29 is 0 Å². The highest BCUT2D eigenvalue weighted by Crippen LogP contribution is 2.46. The van der Waals surface area contributed by atoms with Crippen molar-refractivity contribution in [1.29, 1.82) is 0 Å². The van der Waals surface area contributed by atoms with E-state index in [2.05, 4.69) is 138 Å². The van der Waals surface area contributed by atoms with Crippen LogP contribution < -0.4 is 10.9 Å². The molecule has 0 amide bonds. The second-order valence-corrected chi connectivity index (χ2v) is 10.5. The molecule has 0 bridgehead atoms. The molecule has 2 aliphatic heterocycles. The van der Waals surface area contributed by atoms with Gasteiger partial charge in [-0.25, -0.2) is 0 Å². The topological polar surface area (TPSA) is 4.93 Å². The van der Waals surface area contributed by atoms with Gasteiger partial charge in [-0.05, 0) is 62.5 Å². The quantitative estimate of drug-likeness (QED) is 0.224. The Morgan fingerprint density at radius 3 is 1.74 bits per heavy atom. The van der Waals surface area contributed by atoms with Crippen LogP contribution in [0.25, 0.3) is 66.3 Å². The molecule has 174 valence electrons. The highest BCUT2D eigenvalue weighted by molar-refractivity contribution is 6.88. The van der Waals surface area contributed by atoms with Crippen LogP contribution in [0.2, 0.25) is 0 Å². The molecule has 0 radical (unpaired) electrons. The van der Waals surface area contributed by atoms with E-state index in [-0.39, 0.29) is 6.85 Å². The number of benzene rings is 6. The fraction of sp³-hybridized carbons (Fsp3) is 0. The Hall–Kier alpha value is -4.82. The highest BCUT2D eigenvalue weighted by Gasteiger charge is 2.38. The number of hydrogen-bond donors (Lipinski definition) is 0. The molecule has 0 saturated heterocycles. The number of para-hydroxylation sites is 1. The average molecular weight is 479 g/mol.